The molecule has 2 aromatic carbocycles. The number of nitrogens with one attached hydrogen (secondary N) is 2. The fourth-order valence-electron chi connectivity index (χ4n) is 2.78. The van der Waals surface area contributed by atoms with E-state index in [1.807, 2.05) is 41.8 Å². The number of benzene rings is 2. The number of amides is 2. The highest BCUT2D eigenvalue weighted by atomic mass is 32.2. The summed E-state index contributed by atoms with van der Waals surface area (Å²) < 4.78 is 15.5. The zero-order chi connectivity index (χ0) is 21.3. The summed E-state index contributed by atoms with van der Waals surface area (Å²) in [4.78, 5) is 24.3. The van der Waals surface area contributed by atoms with Gasteiger partial charge in [0, 0.05) is 25.1 Å². The Hall–Kier alpha value is -3.20. The van der Waals surface area contributed by atoms with Crippen LogP contribution < -0.4 is 10.6 Å². The summed E-state index contributed by atoms with van der Waals surface area (Å²) in [6.07, 6.45) is 0.503. The number of halogens is 1. The van der Waals surface area contributed by atoms with Gasteiger partial charge in [0.25, 0.3) is 0 Å². The van der Waals surface area contributed by atoms with Crippen molar-refractivity contribution in [2.24, 2.45) is 0 Å². The van der Waals surface area contributed by atoms with Crippen molar-refractivity contribution in [2.75, 3.05) is 16.4 Å². The van der Waals surface area contributed by atoms with Gasteiger partial charge in [0.2, 0.25) is 11.8 Å². The maximum absolute atomic E-state index is 13.6. The van der Waals surface area contributed by atoms with E-state index in [4.69, 9.17) is 0 Å². The number of rotatable bonds is 9. The van der Waals surface area contributed by atoms with Crippen molar-refractivity contribution in [2.45, 2.75) is 31.5 Å². The first kappa shape index (κ1) is 21.5. The fourth-order valence-corrected chi connectivity index (χ4v) is 3.60. The van der Waals surface area contributed by atoms with E-state index < -0.39 is 5.82 Å². The van der Waals surface area contributed by atoms with Gasteiger partial charge in [-0.3, -0.25) is 9.59 Å². The normalized spacial score (nSPS) is 10.6. The highest BCUT2D eigenvalue weighted by Crippen LogP contribution is 2.19. The molecule has 0 saturated carbocycles. The molecule has 0 saturated heterocycles. The number of aromatic nitrogens is 3. The first-order valence-electron chi connectivity index (χ1n) is 9.51. The van der Waals surface area contributed by atoms with E-state index in [0.717, 1.165) is 5.69 Å². The molecule has 0 unspecified atom stereocenters. The van der Waals surface area contributed by atoms with Crippen molar-refractivity contribution in [3.63, 3.8) is 0 Å². The number of aryl methyl sites for hydroxylation is 1. The van der Waals surface area contributed by atoms with Gasteiger partial charge in [-0.15, -0.1) is 10.2 Å². The molecule has 0 bridgehead atoms. The Bertz CT molecular complexity index is 1010. The van der Waals surface area contributed by atoms with Crippen molar-refractivity contribution in [1.29, 1.82) is 0 Å². The third-order valence-corrected chi connectivity index (χ3v) is 5.19. The number of thioether (sulfide) groups is 1. The van der Waals surface area contributed by atoms with Crippen molar-refractivity contribution in [1.82, 2.24) is 14.8 Å². The average Bonchev–Trinajstić information content (AvgIpc) is 3.15. The number of para-hydroxylation sites is 2. The van der Waals surface area contributed by atoms with Gasteiger partial charge in [0.15, 0.2) is 5.16 Å². The maximum atomic E-state index is 13.6. The predicted octanol–water partition coefficient (Wildman–Crippen LogP) is 3.74. The second-order valence-electron chi connectivity index (χ2n) is 6.37. The Labute approximate surface area is 178 Å². The lowest BCUT2D eigenvalue weighted by Gasteiger charge is -2.08. The highest BCUT2D eigenvalue weighted by molar-refractivity contribution is 7.99. The third-order valence-electron chi connectivity index (χ3n) is 4.22. The molecular weight excluding hydrogens is 405 g/mol. The van der Waals surface area contributed by atoms with Crippen LogP contribution in [-0.4, -0.2) is 32.3 Å². The van der Waals surface area contributed by atoms with Crippen molar-refractivity contribution in [3.8, 4) is 0 Å². The Morgan fingerprint density at radius 2 is 1.73 bits per heavy atom. The van der Waals surface area contributed by atoms with Gasteiger partial charge in [-0.1, -0.05) is 42.1 Å². The molecule has 0 spiro atoms. The molecular formula is C21H22FN5O2S. The van der Waals surface area contributed by atoms with Gasteiger partial charge in [0.05, 0.1) is 11.4 Å². The molecule has 7 nitrogen and oxygen atoms in total. The lowest BCUT2D eigenvalue weighted by atomic mass is 10.2. The van der Waals surface area contributed by atoms with Crippen molar-refractivity contribution < 1.29 is 14.0 Å². The molecule has 0 aliphatic rings. The summed E-state index contributed by atoms with van der Waals surface area (Å²) in [6.45, 7) is 2.56. The molecule has 3 rings (SSSR count). The van der Waals surface area contributed by atoms with E-state index >= 15 is 0 Å². The van der Waals surface area contributed by atoms with Crippen LogP contribution in [0.1, 0.15) is 19.2 Å². The van der Waals surface area contributed by atoms with Crippen molar-refractivity contribution in [3.05, 3.63) is 66.2 Å². The molecule has 1 aromatic heterocycles. The second-order valence-corrected chi connectivity index (χ2v) is 7.32. The molecule has 2 N–H and O–H groups in total. The van der Waals surface area contributed by atoms with Crippen LogP contribution in [0.5, 0.6) is 0 Å². The van der Waals surface area contributed by atoms with E-state index in [1.54, 1.807) is 12.1 Å². The minimum atomic E-state index is -0.477. The number of carbonyl (C=O) groups is 2. The van der Waals surface area contributed by atoms with Crippen LogP contribution in [0.4, 0.5) is 15.8 Å². The van der Waals surface area contributed by atoms with Crippen LogP contribution in [0.2, 0.25) is 0 Å². The van der Waals surface area contributed by atoms with Crippen molar-refractivity contribution >= 4 is 35.0 Å². The molecule has 2 amide bonds. The average molecular weight is 428 g/mol. The van der Waals surface area contributed by atoms with Crippen LogP contribution in [0.3, 0.4) is 0 Å². The molecule has 9 heteroatoms. The topological polar surface area (TPSA) is 88.9 Å². The lowest BCUT2D eigenvalue weighted by Crippen LogP contribution is -2.15. The van der Waals surface area contributed by atoms with Crippen LogP contribution >= 0.6 is 11.8 Å². The second kappa shape index (κ2) is 10.5. The number of anilines is 2. The highest BCUT2D eigenvalue weighted by Gasteiger charge is 2.15. The predicted molar refractivity (Wildman–Crippen MR) is 115 cm³/mol. The van der Waals surface area contributed by atoms with Gasteiger partial charge in [-0.2, -0.15) is 0 Å². The lowest BCUT2D eigenvalue weighted by molar-refractivity contribution is -0.116. The van der Waals surface area contributed by atoms with Crippen LogP contribution in [0.25, 0.3) is 0 Å². The van der Waals surface area contributed by atoms with Gasteiger partial charge >= 0.3 is 0 Å². The number of hydrogen-bond acceptors (Lipinski definition) is 5. The van der Waals surface area contributed by atoms with E-state index in [9.17, 15) is 14.0 Å². The number of nitrogens with zero attached hydrogens (tertiary/aromatic N) is 3. The van der Waals surface area contributed by atoms with Crippen LogP contribution in [-0.2, 0) is 22.6 Å². The van der Waals surface area contributed by atoms with E-state index in [0.29, 0.717) is 23.9 Å². The molecule has 3 aromatic rings. The zero-order valence-electron chi connectivity index (χ0n) is 16.5. The zero-order valence-corrected chi connectivity index (χ0v) is 17.3. The van der Waals surface area contributed by atoms with Crippen LogP contribution in [0, 0.1) is 5.82 Å². The molecule has 0 radical (unpaired) electrons. The van der Waals surface area contributed by atoms with Gasteiger partial charge in [-0.25, -0.2) is 4.39 Å². The van der Waals surface area contributed by atoms with Gasteiger partial charge in [-0.05, 0) is 31.2 Å². The van der Waals surface area contributed by atoms with E-state index in [-0.39, 0.29) is 29.7 Å². The molecule has 0 aliphatic heterocycles. The molecule has 30 heavy (non-hydrogen) atoms. The fraction of sp³-hybridized carbons (Fsp3) is 0.238. The van der Waals surface area contributed by atoms with Gasteiger partial charge in [0.1, 0.15) is 11.6 Å². The third kappa shape index (κ3) is 5.90. The summed E-state index contributed by atoms with van der Waals surface area (Å²) in [6, 6.07) is 15.3. The molecule has 0 fully saturated rings. The quantitative estimate of drug-likeness (QED) is 0.508. The maximum Gasteiger partial charge on any atom is 0.234 e. The standard InChI is InChI=1S/C21H22FN5O2S/c1-2-27-18(12-13-19(28)24-17-11-7-6-10-16(17)22)25-26-21(27)30-14-20(29)23-15-8-4-3-5-9-15/h3-11H,2,12-14H2,1H3,(H,23,29)(H,24,28). The van der Waals surface area contributed by atoms with E-state index in [2.05, 4.69) is 20.8 Å². The Kier molecular flexibility index (Phi) is 7.56. The summed E-state index contributed by atoms with van der Waals surface area (Å²) in [7, 11) is 0. The summed E-state index contributed by atoms with van der Waals surface area (Å²) in [5.41, 5.74) is 0.891. The minimum absolute atomic E-state index is 0.136. The minimum Gasteiger partial charge on any atom is -0.325 e. The monoisotopic (exact) mass is 427 g/mol. The van der Waals surface area contributed by atoms with Crippen LogP contribution in [0.15, 0.2) is 59.8 Å². The summed E-state index contributed by atoms with van der Waals surface area (Å²) in [5, 5.41) is 14.3. The summed E-state index contributed by atoms with van der Waals surface area (Å²) in [5.74, 6) is -0.0760. The largest absolute Gasteiger partial charge is 0.325 e. The smallest absolute Gasteiger partial charge is 0.234 e. The Morgan fingerprint density at radius 3 is 2.47 bits per heavy atom. The van der Waals surface area contributed by atoms with Gasteiger partial charge < -0.3 is 15.2 Å². The first-order chi connectivity index (χ1) is 14.6. The number of hydrogen-bond donors (Lipinski definition) is 2. The number of carbonyl (C=O) groups excluding carboxylic acids is 2. The molecule has 156 valence electrons. The molecule has 0 aliphatic carbocycles. The Balaban J connectivity index is 1.53. The molecule has 0 atom stereocenters. The molecule has 1 heterocycles. The Morgan fingerprint density at radius 1 is 1.00 bits per heavy atom. The SMILES string of the molecule is CCn1c(CCC(=O)Nc2ccccc2F)nnc1SCC(=O)Nc1ccccc1. The van der Waals surface area contributed by atoms with E-state index in [1.165, 1.54) is 23.9 Å². The first-order valence-corrected chi connectivity index (χ1v) is 10.5. The summed E-state index contributed by atoms with van der Waals surface area (Å²) >= 11 is 1.29.